The number of rotatable bonds is 4. The van der Waals surface area contributed by atoms with E-state index in [1.54, 1.807) is 0 Å². The first-order valence-electron chi connectivity index (χ1n) is 18.7. The monoisotopic (exact) mass is 668 g/mol. The molecule has 52 heavy (non-hydrogen) atoms. The Hall–Kier alpha value is -6.12. The lowest BCUT2D eigenvalue weighted by Gasteiger charge is -2.33. The van der Waals surface area contributed by atoms with Crippen LogP contribution in [0.15, 0.2) is 157 Å². The van der Waals surface area contributed by atoms with Gasteiger partial charge in [-0.05, 0) is 115 Å². The van der Waals surface area contributed by atoms with Crippen LogP contribution >= 0.6 is 0 Å². The molecular formula is C50H40N2. The van der Waals surface area contributed by atoms with Crippen LogP contribution < -0.4 is 21.5 Å². The Kier molecular flexibility index (Phi) is 7.25. The van der Waals surface area contributed by atoms with Gasteiger partial charge in [-0.2, -0.15) is 0 Å². The summed E-state index contributed by atoms with van der Waals surface area (Å²) in [7, 11) is 0. The average Bonchev–Trinajstić information content (AvgIpc) is 3.54. The summed E-state index contributed by atoms with van der Waals surface area (Å²) in [6.45, 7) is 2.09. The van der Waals surface area contributed by atoms with Crippen LogP contribution in [0.3, 0.4) is 0 Å². The van der Waals surface area contributed by atoms with E-state index in [1.165, 1.54) is 107 Å². The number of hydrogen-bond donors (Lipinski definition) is 2. The van der Waals surface area contributed by atoms with Gasteiger partial charge in [0.1, 0.15) is 0 Å². The number of benzene rings is 7. The Labute approximate surface area is 305 Å². The first-order chi connectivity index (χ1) is 25.7. The van der Waals surface area contributed by atoms with Gasteiger partial charge in [0.15, 0.2) is 0 Å². The van der Waals surface area contributed by atoms with Gasteiger partial charge in [-0.3, -0.25) is 0 Å². The van der Waals surface area contributed by atoms with Crippen LogP contribution in [0.4, 0.5) is 0 Å². The summed E-state index contributed by atoms with van der Waals surface area (Å²) in [5.41, 5.74) is 23.7. The fourth-order valence-electron chi connectivity index (χ4n) is 9.30. The van der Waals surface area contributed by atoms with Crippen molar-refractivity contribution in [3.8, 4) is 44.5 Å². The molecule has 3 N–H and O–H groups in total. The number of nitrogens with two attached hydrogens (primary N) is 1. The smallest absolute Gasteiger partial charge is 0.0854 e. The topological polar surface area (TPSA) is 38.0 Å². The van der Waals surface area contributed by atoms with Crippen LogP contribution in [0.25, 0.3) is 83.5 Å². The van der Waals surface area contributed by atoms with Crippen LogP contribution in [0.1, 0.15) is 38.2 Å². The van der Waals surface area contributed by atoms with Gasteiger partial charge in [0.05, 0.1) is 6.04 Å². The molecule has 3 aliphatic rings. The SMILES string of the molecule is C/C=c1/cccc/c1=C(/N)C1C=C2CCCCC2=C(c2ccc3c4c(cccc24)-c2c-3c(-c3ccccc3)c3ccccc3c2-c2ccccc2)N1. The largest absolute Gasteiger partial charge is 0.400 e. The summed E-state index contributed by atoms with van der Waals surface area (Å²) in [5, 5.41) is 11.5. The molecule has 1 saturated carbocycles. The van der Waals surface area contributed by atoms with Crippen molar-refractivity contribution >= 4 is 39.0 Å². The molecule has 10 rings (SSSR count). The van der Waals surface area contributed by atoms with Crippen molar-refractivity contribution in [3.05, 3.63) is 173 Å². The van der Waals surface area contributed by atoms with Crippen LogP contribution in [0.5, 0.6) is 0 Å². The zero-order valence-electron chi connectivity index (χ0n) is 29.4. The molecule has 2 aliphatic carbocycles. The van der Waals surface area contributed by atoms with Crippen LogP contribution in [0, 0.1) is 0 Å². The number of hydrogen-bond acceptors (Lipinski definition) is 2. The van der Waals surface area contributed by atoms with E-state index < -0.39 is 0 Å². The third-order valence-electron chi connectivity index (χ3n) is 11.6. The second kappa shape index (κ2) is 12.3. The van der Waals surface area contributed by atoms with E-state index in [1.807, 2.05) is 0 Å². The number of nitrogens with one attached hydrogen (secondary N) is 1. The number of dihydropyridines is 1. The van der Waals surface area contributed by atoms with Crippen LogP contribution in [-0.2, 0) is 0 Å². The van der Waals surface area contributed by atoms with Crippen molar-refractivity contribution in [1.29, 1.82) is 0 Å². The number of fused-ring (bicyclic) bond motifs is 5. The molecule has 2 nitrogen and oxygen atoms in total. The predicted molar refractivity (Wildman–Crippen MR) is 221 cm³/mol. The summed E-state index contributed by atoms with van der Waals surface area (Å²) in [4.78, 5) is 0. The molecule has 0 aromatic heterocycles. The lowest BCUT2D eigenvalue weighted by molar-refractivity contribution is 0.657. The van der Waals surface area contributed by atoms with Crippen molar-refractivity contribution in [2.24, 2.45) is 5.73 Å². The molecule has 0 radical (unpaired) electrons. The fraction of sp³-hybridized carbons (Fsp3) is 0.120. The molecule has 0 saturated heterocycles. The van der Waals surface area contributed by atoms with Crippen molar-refractivity contribution in [3.63, 3.8) is 0 Å². The molecule has 1 fully saturated rings. The Bertz CT molecular complexity index is 2680. The molecular weight excluding hydrogens is 629 g/mol. The summed E-state index contributed by atoms with van der Waals surface area (Å²) in [6, 6.07) is 51.1. The van der Waals surface area contributed by atoms with Crippen LogP contribution in [0.2, 0.25) is 0 Å². The highest BCUT2D eigenvalue weighted by Crippen LogP contribution is 2.58. The van der Waals surface area contributed by atoms with Gasteiger partial charge in [0.2, 0.25) is 0 Å². The van der Waals surface area contributed by atoms with Gasteiger partial charge in [-0.15, -0.1) is 0 Å². The van der Waals surface area contributed by atoms with Gasteiger partial charge in [-0.1, -0.05) is 152 Å². The predicted octanol–water partition coefficient (Wildman–Crippen LogP) is 10.7. The Balaban J connectivity index is 1.26. The highest BCUT2D eigenvalue weighted by molar-refractivity contribution is 6.28. The third-order valence-corrected chi connectivity index (χ3v) is 11.6. The zero-order valence-corrected chi connectivity index (χ0v) is 29.4. The van der Waals surface area contributed by atoms with Crippen molar-refractivity contribution < 1.29 is 0 Å². The molecule has 7 aromatic carbocycles. The second-order valence-electron chi connectivity index (χ2n) is 14.4. The van der Waals surface area contributed by atoms with E-state index >= 15 is 0 Å². The third kappa shape index (κ3) is 4.64. The Morgan fingerprint density at radius 1 is 0.577 bits per heavy atom. The van der Waals surface area contributed by atoms with E-state index in [9.17, 15) is 0 Å². The first-order valence-corrected chi connectivity index (χ1v) is 18.7. The second-order valence-corrected chi connectivity index (χ2v) is 14.4. The quantitative estimate of drug-likeness (QED) is 0.196. The van der Waals surface area contributed by atoms with Gasteiger partial charge in [0.25, 0.3) is 0 Å². The van der Waals surface area contributed by atoms with Gasteiger partial charge < -0.3 is 11.1 Å². The minimum atomic E-state index is -0.0900. The lowest BCUT2D eigenvalue weighted by Crippen LogP contribution is -2.41. The highest BCUT2D eigenvalue weighted by Gasteiger charge is 2.33. The molecule has 1 aliphatic heterocycles. The molecule has 250 valence electrons. The summed E-state index contributed by atoms with van der Waals surface area (Å²) < 4.78 is 0. The minimum Gasteiger partial charge on any atom is -0.400 e. The maximum Gasteiger partial charge on any atom is 0.0854 e. The van der Waals surface area contributed by atoms with E-state index in [4.69, 9.17) is 5.73 Å². The first kappa shape index (κ1) is 30.7. The van der Waals surface area contributed by atoms with Crippen LogP contribution in [-0.4, -0.2) is 6.04 Å². The van der Waals surface area contributed by atoms with Crippen molar-refractivity contribution in [2.75, 3.05) is 0 Å². The van der Waals surface area contributed by atoms with Crippen molar-refractivity contribution in [2.45, 2.75) is 38.6 Å². The van der Waals surface area contributed by atoms with Crippen molar-refractivity contribution in [1.82, 2.24) is 5.32 Å². The molecule has 1 unspecified atom stereocenters. The van der Waals surface area contributed by atoms with Gasteiger partial charge in [-0.25, -0.2) is 0 Å². The standard InChI is InChI=1S/C50H40N2/c1-2-31-16-9-11-22-35(31)49(51)43-30-34-21-10-12-23-36(34)50(52-43)40-28-29-42-46-39(40)26-15-27-41(46)47-44(32-17-5-3-6-18-32)37-24-13-14-25-38(37)45(48(42)47)33-19-7-4-8-20-33/h2-9,11,13-20,22,24-30,43,52H,10,12,21,23,51H2,1H3/b31-2-,49-35-. The maximum absolute atomic E-state index is 7.10. The Morgan fingerprint density at radius 3 is 1.85 bits per heavy atom. The molecule has 7 aromatic rings. The van der Waals surface area contributed by atoms with Gasteiger partial charge in [0, 0.05) is 22.2 Å². The molecule has 0 spiro atoms. The summed E-state index contributed by atoms with van der Waals surface area (Å²) in [5.74, 6) is 0. The van der Waals surface area contributed by atoms with E-state index in [0.717, 1.165) is 23.8 Å². The van der Waals surface area contributed by atoms with E-state index in [2.05, 4.69) is 164 Å². The number of allylic oxidation sites excluding steroid dienone is 2. The minimum absolute atomic E-state index is 0.0900. The molecule has 2 heteroatoms. The lowest BCUT2D eigenvalue weighted by atomic mass is 9.81. The fourth-order valence-corrected chi connectivity index (χ4v) is 9.30. The normalized spacial score (nSPS) is 17.1. The zero-order chi connectivity index (χ0) is 34.8. The van der Waals surface area contributed by atoms with E-state index in [0.29, 0.717) is 0 Å². The maximum atomic E-state index is 7.10. The summed E-state index contributed by atoms with van der Waals surface area (Å²) >= 11 is 0. The average molecular weight is 669 g/mol. The molecule has 0 bridgehead atoms. The molecule has 0 amide bonds. The summed E-state index contributed by atoms with van der Waals surface area (Å²) in [6.07, 6.45) is 9.14. The highest BCUT2D eigenvalue weighted by atomic mass is 15.0. The molecule has 1 heterocycles. The van der Waals surface area contributed by atoms with E-state index in [-0.39, 0.29) is 6.04 Å². The van der Waals surface area contributed by atoms with Gasteiger partial charge >= 0.3 is 0 Å². The molecule has 1 atom stereocenters. The Morgan fingerprint density at radius 2 is 1.15 bits per heavy atom.